The molecule has 0 aliphatic heterocycles. The number of aryl methyl sites for hydroxylation is 1. The Morgan fingerprint density at radius 3 is 2.29 bits per heavy atom. The molecule has 112 valence electrons. The van der Waals surface area contributed by atoms with Crippen LogP contribution in [0.5, 0.6) is 5.75 Å². The molecule has 0 spiro atoms. The first-order chi connectivity index (χ1) is 10.0. The molecule has 0 saturated carbocycles. The molecule has 0 saturated heterocycles. The van der Waals surface area contributed by atoms with Crippen molar-refractivity contribution in [1.29, 1.82) is 0 Å². The van der Waals surface area contributed by atoms with Gasteiger partial charge < -0.3 is 4.74 Å². The Kier molecular flexibility index (Phi) is 5.44. The van der Waals surface area contributed by atoms with Gasteiger partial charge in [-0.15, -0.1) is 0 Å². The first-order valence-corrected chi connectivity index (χ1v) is 7.79. The van der Waals surface area contributed by atoms with E-state index in [4.69, 9.17) is 4.74 Å². The molecule has 1 nitrogen and oxygen atoms in total. The van der Waals surface area contributed by atoms with Gasteiger partial charge in [-0.25, -0.2) is 0 Å². The fraction of sp³-hybridized carbons (Fsp3) is 0.400. The van der Waals surface area contributed by atoms with Crippen molar-refractivity contribution in [2.24, 2.45) is 5.41 Å². The van der Waals surface area contributed by atoms with Gasteiger partial charge in [0.25, 0.3) is 0 Å². The van der Waals surface area contributed by atoms with Gasteiger partial charge in [0.15, 0.2) is 0 Å². The predicted molar refractivity (Wildman–Crippen MR) is 89.9 cm³/mol. The normalized spacial score (nSPS) is 11.4. The molecule has 0 bridgehead atoms. The van der Waals surface area contributed by atoms with E-state index in [1.54, 1.807) is 0 Å². The van der Waals surface area contributed by atoms with Gasteiger partial charge in [0.05, 0.1) is 6.61 Å². The smallest absolute Gasteiger partial charge is 0.119 e. The van der Waals surface area contributed by atoms with Gasteiger partial charge in [0.2, 0.25) is 0 Å². The summed E-state index contributed by atoms with van der Waals surface area (Å²) in [6, 6.07) is 19.0. The van der Waals surface area contributed by atoms with E-state index in [2.05, 4.69) is 45.0 Å². The van der Waals surface area contributed by atoms with Crippen LogP contribution < -0.4 is 4.74 Å². The first-order valence-electron chi connectivity index (χ1n) is 7.79. The Hall–Kier alpha value is -1.76. The molecule has 21 heavy (non-hydrogen) atoms. The van der Waals surface area contributed by atoms with Crippen LogP contribution in [0.4, 0.5) is 0 Å². The summed E-state index contributed by atoms with van der Waals surface area (Å²) in [6.45, 7) is 7.63. The van der Waals surface area contributed by atoms with Crippen molar-refractivity contribution in [3.8, 4) is 5.75 Å². The van der Waals surface area contributed by atoms with Crippen LogP contribution >= 0.6 is 0 Å². The van der Waals surface area contributed by atoms with Crippen LogP contribution in [0.3, 0.4) is 0 Å². The Bertz CT molecular complexity index is 537. The molecular weight excluding hydrogens is 256 g/mol. The van der Waals surface area contributed by atoms with Crippen LogP contribution in [-0.4, -0.2) is 6.61 Å². The van der Waals surface area contributed by atoms with Crippen molar-refractivity contribution in [1.82, 2.24) is 0 Å². The highest BCUT2D eigenvalue weighted by Gasteiger charge is 2.11. The average Bonchev–Trinajstić information content (AvgIpc) is 2.43. The SMILES string of the molecule is CC(C)(C)Cc1cccc(CCCOc2ccccc2)c1. The highest BCUT2D eigenvalue weighted by atomic mass is 16.5. The van der Waals surface area contributed by atoms with Gasteiger partial charge in [0.1, 0.15) is 5.75 Å². The maximum atomic E-state index is 5.74. The molecule has 1 heteroatoms. The Balaban J connectivity index is 1.79. The fourth-order valence-electron chi connectivity index (χ4n) is 2.49. The zero-order chi connectivity index (χ0) is 15.1. The molecule has 0 aliphatic carbocycles. The van der Waals surface area contributed by atoms with Crippen LogP contribution in [0.2, 0.25) is 0 Å². The first kappa shape index (κ1) is 15.6. The summed E-state index contributed by atoms with van der Waals surface area (Å²) in [7, 11) is 0. The number of rotatable bonds is 6. The van der Waals surface area contributed by atoms with E-state index < -0.39 is 0 Å². The maximum Gasteiger partial charge on any atom is 0.119 e. The summed E-state index contributed by atoms with van der Waals surface area (Å²) in [4.78, 5) is 0. The van der Waals surface area contributed by atoms with Crippen LogP contribution in [0.15, 0.2) is 54.6 Å². The summed E-state index contributed by atoms with van der Waals surface area (Å²) >= 11 is 0. The van der Waals surface area contributed by atoms with E-state index in [1.165, 1.54) is 11.1 Å². The lowest BCUT2D eigenvalue weighted by Gasteiger charge is -2.18. The third kappa shape index (κ3) is 6.03. The Morgan fingerprint density at radius 2 is 1.57 bits per heavy atom. The van der Waals surface area contributed by atoms with E-state index >= 15 is 0 Å². The highest BCUT2D eigenvalue weighted by molar-refractivity contribution is 5.24. The summed E-state index contributed by atoms with van der Waals surface area (Å²) in [6.07, 6.45) is 3.25. The molecule has 2 aromatic carbocycles. The fourth-order valence-corrected chi connectivity index (χ4v) is 2.49. The summed E-state index contributed by atoms with van der Waals surface area (Å²) in [5, 5.41) is 0. The molecule has 0 amide bonds. The quantitative estimate of drug-likeness (QED) is 0.654. The van der Waals surface area contributed by atoms with E-state index in [9.17, 15) is 0 Å². The molecule has 0 aliphatic rings. The van der Waals surface area contributed by atoms with Gasteiger partial charge >= 0.3 is 0 Å². The van der Waals surface area contributed by atoms with Crippen molar-refractivity contribution in [2.45, 2.75) is 40.0 Å². The standard InChI is InChI=1S/C20H26O/c1-20(2,3)16-18-10-7-9-17(15-18)11-8-14-21-19-12-5-4-6-13-19/h4-7,9-10,12-13,15H,8,11,14,16H2,1-3H3. The summed E-state index contributed by atoms with van der Waals surface area (Å²) < 4.78 is 5.74. The van der Waals surface area contributed by atoms with Crippen LogP contribution in [0, 0.1) is 5.41 Å². The van der Waals surface area contributed by atoms with Crippen LogP contribution in [0.1, 0.15) is 38.3 Å². The molecule has 2 aromatic rings. The Labute approximate surface area is 129 Å². The Morgan fingerprint density at radius 1 is 0.857 bits per heavy atom. The lowest BCUT2D eigenvalue weighted by molar-refractivity contribution is 0.311. The summed E-state index contributed by atoms with van der Waals surface area (Å²) in [5.74, 6) is 0.957. The van der Waals surface area contributed by atoms with E-state index in [0.717, 1.165) is 31.6 Å². The molecular formula is C20H26O. The third-order valence-electron chi connectivity index (χ3n) is 3.35. The lowest BCUT2D eigenvalue weighted by atomic mass is 9.87. The molecule has 2 rings (SSSR count). The minimum atomic E-state index is 0.342. The van der Waals surface area contributed by atoms with Crippen molar-refractivity contribution in [3.05, 3.63) is 65.7 Å². The van der Waals surface area contributed by atoms with Gasteiger partial charge in [-0.1, -0.05) is 63.2 Å². The molecule has 0 heterocycles. The predicted octanol–water partition coefficient (Wildman–Crippen LogP) is 5.29. The second kappa shape index (κ2) is 7.31. The largest absolute Gasteiger partial charge is 0.494 e. The van der Waals surface area contributed by atoms with Crippen molar-refractivity contribution < 1.29 is 4.74 Å². The minimum absolute atomic E-state index is 0.342. The molecule has 0 radical (unpaired) electrons. The maximum absolute atomic E-state index is 5.74. The molecule has 0 atom stereocenters. The van der Waals surface area contributed by atoms with Gasteiger partial charge in [0, 0.05) is 0 Å². The second-order valence-corrected chi connectivity index (χ2v) is 6.82. The van der Waals surface area contributed by atoms with Crippen LogP contribution in [0.25, 0.3) is 0 Å². The average molecular weight is 282 g/mol. The molecule has 0 aromatic heterocycles. The van der Waals surface area contributed by atoms with Crippen molar-refractivity contribution in [2.75, 3.05) is 6.61 Å². The van der Waals surface area contributed by atoms with Crippen molar-refractivity contribution in [3.63, 3.8) is 0 Å². The van der Waals surface area contributed by atoms with Crippen LogP contribution in [-0.2, 0) is 12.8 Å². The topological polar surface area (TPSA) is 9.23 Å². The van der Waals surface area contributed by atoms with E-state index in [-0.39, 0.29) is 0 Å². The van der Waals surface area contributed by atoms with E-state index in [0.29, 0.717) is 5.41 Å². The number of ether oxygens (including phenoxy) is 1. The third-order valence-corrected chi connectivity index (χ3v) is 3.35. The highest BCUT2D eigenvalue weighted by Crippen LogP contribution is 2.21. The summed E-state index contributed by atoms with van der Waals surface area (Å²) in [5.41, 5.74) is 3.19. The van der Waals surface area contributed by atoms with Gasteiger partial charge in [-0.3, -0.25) is 0 Å². The number of hydrogen-bond donors (Lipinski definition) is 0. The van der Waals surface area contributed by atoms with Crippen molar-refractivity contribution >= 4 is 0 Å². The number of benzene rings is 2. The number of para-hydroxylation sites is 1. The molecule has 0 N–H and O–H groups in total. The zero-order valence-electron chi connectivity index (χ0n) is 13.4. The van der Waals surface area contributed by atoms with Gasteiger partial charge in [-0.05, 0) is 47.9 Å². The lowest BCUT2D eigenvalue weighted by Crippen LogP contribution is -2.09. The van der Waals surface area contributed by atoms with E-state index in [1.807, 2.05) is 30.3 Å². The minimum Gasteiger partial charge on any atom is -0.494 e. The molecule has 0 fully saturated rings. The zero-order valence-corrected chi connectivity index (χ0v) is 13.4. The number of hydrogen-bond acceptors (Lipinski definition) is 1. The monoisotopic (exact) mass is 282 g/mol. The molecule has 0 unspecified atom stereocenters. The second-order valence-electron chi connectivity index (χ2n) is 6.82. The van der Waals surface area contributed by atoms with Gasteiger partial charge in [-0.2, -0.15) is 0 Å².